The summed E-state index contributed by atoms with van der Waals surface area (Å²) in [5.74, 6) is -3.24. The molecule has 0 aliphatic heterocycles. The molecule has 0 fully saturated rings. The van der Waals surface area contributed by atoms with Crippen LogP contribution in [0.3, 0.4) is 0 Å². The summed E-state index contributed by atoms with van der Waals surface area (Å²) in [4.78, 5) is 23.5. The Labute approximate surface area is 135 Å². The first-order valence-corrected chi connectivity index (χ1v) is 7.23. The molecule has 0 amide bonds. The summed E-state index contributed by atoms with van der Waals surface area (Å²) in [7, 11) is 0. The van der Waals surface area contributed by atoms with Crippen molar-refractivity contribution < 1.29 is 22.7 Å². The Morgan fingerprint density at radius 1 is 1.12 bits per heavy atom. The second-order valence-electron chi connectivity index (χ2n) is 5.11. The number of para-hydroxylation sites is 2. The van der Waals surface area contributed by atoms with E-state index < -0.39 is 23.4 Å². The van der Waals surface area contributed by atoms with E-state index in [9.17, 15) is 18.4 Å². The molecule has 0 radical (unpaired) electrons. The van der Waals surface area contributed by atoms with Gasteiger partial charge in [0.2, 0.25) is 0 Å². The number of fused-ring (bicyclic) bond motifs is 1. The molecule has 7 heteroatoms. The van der Waals surface area contributed by atoms with Gasteiger partial charge >= 0.3 is 11.7 Å². The molecule has 3 rings (SSSR count). The number of aryl methyl sites for hydroxylation is 1. The van der Waals surface area contributed by atoms with Crippen molar-refractivity contribution in [3.63, 3.8) is 0 Å². The third-order valence-corrected chi connectivity index (χ3v) is 3.53. The summed E-state index contributed by atoms with van der Waals surface area (Å²) in [6.07, 6.45) is -0.0969. The van der Waals surface area contributed by atoms with Gasteiger partial charge in [-0.05, 0) is 18.2 Å². The van der Waals surface area contributed by atoms with Gasteiger partial charge in [0.15, 0.2) is 17.2 Å². The number of carbonyl (C=O) groups excluding carboxylic acids is 1. The van der Waals surface area contributed by atoms with Crippen molar-refractivity contribution in [2.24, 2.45) is 0 Å². The predicted octanol–water partition coefficient (Wildman–Crippen LogP) is 3.01. The molecule has 2 aromatic carbocycles. The molecular weight excluding hydrogens is 320 g/mol. The number of hydrogen-bond acceptors (Lipinski definition) is 4. The van der Waals surface area contributed by atoms with E-state index in [4.69, 9.17) is 9.15 Å². The largest absolute Gasteiger partial charge is 0.461 e. The number of aromatic nitrogens is 1. The van der Waals surface area contributed by atoms with Crippen molar-refractivity contribution in [2.75, 3.05) is 0 Å². The van der Waals surface area contributed by atoms with Gasteiger partial charge in [-0.25, -0.2) is 13.6 Å². The molecule has 0 saturated carbocycles. The molecule has 1 aromatic heterocycles. The fourth-order valence-corrected chi connectivity index (χ4v) is 2.32. The van der Waals surface area contributed by atoms with Crippen LogP contribution in [-0.4, -0.2) is 10.5 Å². The van der Waals surface area contributed by atoms with Crippen LogP contribution in [0.5, 0.6) is 0 Å². The van der Waals surface area contributed by atoms with Crippen molar-refractivity contribution in [3.05, 3.63) is 70.2 Å². The highest BCUT2D eigenvalue weighted by Crippen LogP contribution is 2.14. The molecule has 3 aromatic rings. The molecule has 0 aliphatic rings. The Balaban J connectivity index is 1.62. The van der Waals surface area contributed by atoms with Crippen molar-refractivity contribution in [3.8, 4) is 0 Å². The molecule has 0 unspecified atom stereocenters. The first-order valence-electron chi connectivity index (χ1n) is 7.23. The predicted molar refractivity (Wildman–Crippen MR) is 81.2 cm³/mol. The van der Waals surface area contributed by atoms with E-state index in [1.165, 1.54) is 16.7 Å². The van der Waals surface area contributed by atoms with Gasteiger partial charge in [0.1, 0.15) is 6.61 Å². The molecule has 1 heterocycles. The molecule has 0 bridgehead atoms. The second-order valence-corrected chi connectivity index (χ2v) is 5.11. The average molecular weight is 333 g/mol. The molecule has 24 heavy (non-hydrogen) atoms. The smallest absolute Gasteiger partial charge is 0.419 e. The first-order chi connectivity index (χ1) is 11.6. The van der Waals surface area contributed by atoms with Crippen molar-refractivity contribution in [2.45, 2.75) is 19.6 Å². The number of hydrogen-bond donors (Lipinski definition) is 0. The molecule has 0 saturated heterocycles. The maximum absolute atomic E-state index is 13.5. The zero-order valence-corrected chi connectivity index (χ0v) is 12.5. The van der Waals surface area contributed by atoms with Gasteiger partial charge in [0.05, 0.1) is 11.9 Å². The van der Waals surface area contributed by atoms with E-state index in [0.29, 0.717) is 11.1 Å². The molecular formula is C17H13F2NO4. The van der Waals surface area contributed by atoms with Crippen LogP contribution in [-0.2, 0) is 22.7 Å². The lowest BCUT2D eigenvalue weighted by Gasteiger charge is -2.06. The van der Waals surface area contributed by atoms with Gasteiger partial charge in [0.25, 0.3) is 0 Å². The standard InChI is InChI=1S/C17H13F2NO4/c18-12-5-3-4-11(16(12)19)10-23-15(21)8-9-20-13-6-1-2-7-14(13)24-17(20)22/h1-7H,8-10H2. The van der Waals surface area contributed by atoms with Crippen LogP contribution < -0.4 is 5.76 Å². The van der Waals surface area contributed by atoms with Crippen molar-refractivity contribution in [1.29, 1.82) is 0 Å². The highest BCUT2D eigenvalue weighted by atomic mass is 19.2. The fraction of sp³-hybridized carbons (Fsp3) is 0.176. The van der Waals surface area contributed by atoms with E-state index in [-0.39, 0.29) is 25.1 Å². The van der Waals surface area contributed by atoms with E-state index in [1.807, 2.05) is 0 Å². The van der Waals surface area contributed by atoms with Gasteiger partial charge in [-0.1, -0.05) is 24.3 Å². The van der Waals surface area contributed by atoms with Crippen molar-refractivity contribution in [1.82, 2.24) is 4.57 Å². The summed E-state index contributed by atoms with van der Waals surface area (Å²) < 4.78 is 37.8. The summed E-state index contributed by atoms with van der Waals surface area (Å²) in [6.45, 7) is -0.302. The molecule has 5 nitrogen and oxygen atoms in total. The molecule has 0 spiro atoms. The number of ether oxygens (including phenoxy) is 1. The van der Waals surface area contributed by atoms with Crippen LogP contribution in [0.4, 0.5) is 8.78 Å². The van der Waals surface area contributed by atoms with Gasteiger partial charge in [-0.3, -0.25) is 9.36 Å². The molecule has 0 aliphatic carbocycles. The minimum Gasteiger partial charge on any atom is -0.461 e. The lowest BCUT2D eigenvalue weighted by atomic mass is 10.2. The first kappa shape index (κ1) is 15.9. The number of oxazole rings is 1. The van der Waals surface area contributed by atoms with Crippen LogP contribution >= 0.6 is 0 Å². The highest BCUT2D eigenvalue weighted by molar-refractivity contribution is 5.73. The maximum Gasteiger partial charge on any atom is 0.419 e. The van der Waals surface area contributed by atoms with E-state index in [1.54, 1.807) is 24.3 Å². The fourth-order valence-electron chi connectivity index (χ4n) is 2.32. The minimum absolute atomic E-state index is 0.0470. The van der Waals surface area contributed by atoms with Crippen LogP contribution in [0.1, 0.15) is 12.0 Å². The monoisotopic (exact) mass is 333 g/mol. The topological polar surface area (TPSA) is 61.4 Å². The minimum atomic E-state index is -1.04. The quantitative estimate of drug-likeness (QED) is 0.674. The van der Waals surface area contributed by atoms with E-state index in [0.717, 1.165) is 6.07 Å². The van der Waals surface area contributed by atoms with Crippen LogP contribution in [0.15, 0.2) is 51.7 Å². The SMILES string of the molecule is O=C(CCn1c(=O)oc2ccccc21)OCc1cccc(F)c1F. The van der Waals surface area contributed by atoms with E-state index >= 15 is 0 Å². The van der Waals surface area contributed by atoms with Crippen molar-refractivity contribution >= 4 is 17.1 Å². The Kier molecular flexibility index (Phi) is 4.41. The normalized spacial score (nSPS) is 10.9. The van der Waals surface area contributed by atoms with Gasteiger partial charge in [0, 0.05) is 12.1 Å². The Morgan fingerprint density at radius 3 is 2.75 bits per heavy atom. The second kappa shape index (κ2) is 6.66. The number of halogens is 2. The Bertz CT molecular complexity index is 945. The summed E-state index contributed by atoms with van der Waals surface area (Å²) >= 11 is 0. The van der Waals surface area contributed by atoms with Crippen LogP contribution in [0.2, 0.25) is 0 Å². The molecule has 0 atom stereocenters. The number of carbonyl (C=O) groups is 1. The lowest BCUT2D eigenvalue weighted by molar-refractivity contribution is -0.145. The Morgan fingerprint density at radius 2 is 1.92 bits per heavy atom. The average Bonchev–Trinajstić information content (AvgIpc) is 2.89. The van der Waals surface area contributed by atoms with E-state index in [2.05, 4.69) is 0 Å². The number of rotatable bonds is 5. The van der Waals surface area contributed by atoms with Crippen LogP contribution in [0.25, 0.3) is 11.1 Å². The zero-order valence-electron chi connectivity index (χ0n) is 12.5. The van der Waals surface area contributed by atoms with Gasteiger partial charge in [-0.15, -0.1) is 0 Å². The Hall–Kier alpha value is -2.96. The third-order valence-electron chi connectivity index (χ3n) is 3.53. The van der Waals surface area contributed by atoms with Gasteiger partial charge in [-0.2, -0.15) is 0 Å². The maximum atomic E-state index is 13.5. The molecule has 124 valence electrons. The summed E-state index contributed by atoms with van der Waals surface area (Å²) in [5, 5.41) is 0. The third kappa shape index (κ3) is 3.19. The zero-order chi connectivity index (χ0) is 17.1. The van der Waals surface area contributed by atoms with Gasteiger partial charge < -0.3 is 9.15 Å². The lowest BCUT2D eigenvalue weighted by Crippen LogP contribution is -2.17. The highest BCUT2D eigenvalue weighted by Gasteiger charge is 2.13. The number of benzene rings is 2. The van der Waals surface area contributed by atoms with Crippen LogP contribution in [0, 0.1) is 11.6 Å². The number of esters is 1. The summed E-state index contributed by atoms with van der Waals surface area (Å²) in [6, 6.07) is 10.5. The summed E-state index contributed by atoms with van der Waals surface area (Å²) in [5.41, 5.74) is 0.957. The number of nitrogens with zero attached hydrogens (tertiary/aromatic N) is 1. The molecule has 0 N–H and O–H groups in total.